The van der Waals surface area contributed by atoms with E-state index in [-0.39, 0.29) is 11.3 Å². The van der Waals surface area contributed by atoms with E-state index in [4.69, 9.17) is 0 Å². The van der Waals surface area contributed by atoms with Gasteiger partial charge in [0.25, 0.3) is 0 Å². The zero-order chi connectivity index (χ0) is 10.9. The lowest BCUT2D eigenvalue weighted by Crippen LogP contribution is -2.41. The summed E-state index contributed by atoms with van der Waals surface area (Å²) in [6.07, 6.45) is 1.90. The molecule has 80 valence electrons. The highest BCUT2D eigenvalue weighted by Gasteiger charge is 2.51. The summed E-state index contributed by atoms with van der Waals surface area (Å²) in [5.41, 5.74) is 7.48. The normalized spacial score (nSPS) is 17.2. The molecule has 2 rings (SSSR count). The zero-order valence-corrected chi connectivity index (χ0v) is 9.13. The first-order valence-electron chi connectivity index (χ1n) is 5.24. The molecule has 0 radical (unpaired) electrons. The zero-order valence-electron chi connectivity index (χ0n) is 9.13. The lowest BCUT2D eigenvalue weighted by Gasteiger charge is -2.17. The van der Waals surface area contributed by atoms with E-state index < -0.39 is 0 Å². The van der Waals surface area contributed by atoms with Crippen molar-refractivity contribution in [2.75, 3.05) is 7.05 Å². The van der Waals surface area contributed by atoms with Crippen LogP contribution in [0.2, 0.25) is 0 Å². The summed E-state index contributed by atoms with van der Waals surface area (Å²) < 4.78 is 0. The number of hydrogen-bond donors (Lipinski definition) is 2. The summed E-state index contributed by atoms with van der Waals surface area (Å²) >= 11 is 0. The summed E-state index contributed by atoms with van der Waals surface area (Å²) in [4.78, 5) is 11.9. The van der Waals surface area contributed by atoms with Gasteiger partial charge in [-0.05, 0) is 30.9 Å². The fourth-order valence-electron chi connectivity index (χ4n) is 2.09. The molecule has 0 heterocycles. The molecule has 1 aliphatic carbocycles. The number of hydrazine groups is 1. The van der Waals surface area contributed by atoms with Gasteiger partial charge in [0.2, 0.25) is 5.91 Å². The van der Waals surface area contributed by atoms with E-state index in [9.17, 15) is 4.79 Å². The van der Waals surface area contributed by atoms with E-state index in [0.29, 0.717) is 0 Å². The van der Waals surface area contributed by atoms with E-state index in [1.165, 1.54) is 5.56 Å². The topological polar surface area (TPSA) is 41.1 Å². The molecule has 0 aliphatic heterocycles. The minimum Gasteiger partial charge on any atom is -0.291 e. The van der Waals surface area contributed by atoms with Gasteiger partial charge in [0.05, 0.1) is 5.41 Å². The molecular weight excluding hydrogens is 188 g/mol. The number of hydrogen-bond acceptors (Lipinski definition) is 2. The van der Waals surface area contributed by atoms with Crippen molar-refractivity contribution in [2.24, 2.45) is 0 Å². The van der Waals surface area contributed by atoms with Gasteiger partial charge in [-0.1, -0.05) is 24.3 Å². The summed E-state index contributed by atoms with van der Waals surface area (Å²) in [6, 6.07) is 8.11. The first-order chi connectivity index (χ1) is 7.20. The average Bonchev–Trinajstić information content (AvgIpc) is 3.00. The van der Waals surface area contributed by atoms with Crippen LogP contribution in [-0.4, -0.2) is 13.0 Å². The van der Waals surface area contributed by atoms with Crippen LogP contribution < -0.4 is 10.9 Å². The summed E-state index contributed by atoms with van der Waals surface area (Å²) in [6.45, 7) is 2.06. The van der Waals surface area contributed by atoms with Crippen LogP contribution in [0, 0.1) is 6.92 Å². The van der Waals surface area contributed by atoms with E-state index in [2.05, 4.69) is 29.9 Å². The van der Waals surface area contributed by atoms with Crippen molar-refractivity contribution >= 4 is 5.91 Å². The number of benzene rings is 1. The maximum absolute atomic E-state index is 11.9. The molecule has 1 amide bonds. The number of rotatable bonds is 3. The molecule has 0 unspecified atom stereocenters. The highest BCUT2D eigenvalue weighted by Crippen LogP contribution is 2.49. The molecule has 1 aromatic carbocycles. The Balaban J connectivity index is 2.31. The van der Waals surface area contributed by atoms with Crippen molar-refractivity contribution < 1.29 is 4.79 Å². The van der Waals surface area contributed by atoms with Crippen LogP contribution in [0.1, 0.15) is 24.0 Å². The molecule has 0 saturated heterocycles. The number of nitrogens with one attached hydrogen (secondary N) is 2. The van der Waals surface area contributed by atoms with Crippen LogP contribution >= 0.6 is 0 Å². The lowest BCUT2D eigenvalue weighted by molar-refractivity contribution is -0.124. The second-order valence-electron chi connectivity index (χ2n) is 4.10. The van der Waals surface area contributed by atoms with Crippen LogP contribution in [0.25, 0.3) is 0 Å². The predicted molar refractivity (Wildman–Crippen MR) is 59.3 cm³/mol. The maximum atomic E-state index is 11.9. The van der Waals surface area contributed by atoms with Crippen LogP contribution in [0.3, 0.4) is 0 Å². The molecule has 3 nitrogen and oxygen atoms in total. The lowest BCUT2D eigenvalue weighted by atomic mass is 9.91. The van der Waals surface area contributed by atoms with Crippen molar-refractivity contribution in [1.29, 1.82) is 0 Å². The van der Waals surface area contributed by atoms with Crippen molar-refractivity contribution in [2.45, 2.75) is 25.2 Å². The molecule has 0 bridgehead atoms. The maximum Gasteiger partial charge on any atom is 0.244 e. The fourth-order valence-corrected chi connectivity index (χ4v) is 2.09. The number of carbonyl (C=O) groups excluding carboxylic acids is 1. The molecule has 1 aromatic rings. The second-order valence-corrected chi connectivity index (χ2v) is 4.10. The van der Waals surface area contributed by atoms with E-state index in [1.54, 1.807) is 7.05 Å². The largest absolute Gasteiger partial charge is 0.291 e. The molecule has 0 aromatic heterocycles. The molecule has 15 heavy (non-hydrogen) atoms. The Kier molecular flexibility index (Phi) is 2.49. The van der Waals surface area contributed by atoms with Gasteiger partial charge in [0, 0.05) is 7.05 Å². The van der Waals surface area contributed by atoms with E-state index >= 15 is 0 Å². The Hall–Kier alpha value is -1.35. The Labute approximate surface area is 89.8 Å². The van der Waals surface area contributed by atoms with Crippen molar-refractivity contribution in [3.05, 3.63) is 35.4 Å². The summed E-state index contributed by atoms with van der Waals surface area (Å²) in [5.74, 6) is 0.0827. The monoisotopic (exact) mass is 204 g/mol. The van der Waals surface area contributed by atoms with E-state index in [1.807, 2.05) is 12.1 Å². The first-order valence-corrected chi connectivity index (χ1v) is 5.24. The standard InChI is InChI=1S/C12H16N2O/c1-9-5-3-4-6-10(9)12(7-8-12)11(15)14-13-2/h3-6,13H,7-8H2,1-2H3,(H,14,15). The van der Waals surface area contributed by atoms with Gasteiger partial charge in [0.15, 0.2) is 0 Å². The number of carbonyl (C=O) groups is 1. The second kappa shape index (κ2) is 3.66. The number of aryl methyl sites for hydroxylation is 1. The van der Waals surface area contributed by atoms with Crippen LogP contribution in [0.15, 0.2) is 24.3 Å². The molecule has 2 N–H and O–H groups in total. The number of amides is 1. The SMILES string of the molecule is CNNC(=O)C1(c2ccccc2C)CC1. The van der Waals surface area contributed by atoms with Gasteiger partial charge in [-0.15, -0.1) is 0 Å². The van der Waals surface area contributed by atoms with E-state index in [0.717, 1.165) is 18.4 Å². The average molecular weight is 204 g/mol. The van der Waals surface area contributed by atoms with Crippen molar-refractivity contribution in [3.8, 4) is 0 Å². The first kappa shape index (κ1) is 10.2. The van der Waals surface area contributed by atoms with Gasteiger partial charge >= 0.3 is 0 Å². The summed E-state index contributed by atoms with van der Waals surface area (Å²) in [5, 5.41) is 0. The van der Waals surface area contributed by atoms with Crippen molar-refractivity contribution in [3.63, 3.8) is 0 Å². The predicted octanol–water partition coefficient (Wildman–Crippen LogP) is 1.28. The minimum atomic E-state index is -0.269. The molecule has 0 spiro atoms. The summed E-state index contributed by atoms with van der Waals surface area (Å²) in [7, 11) is 1.71. The molecular formula is C12H16N2O. The molecule has 1 saturated carbocycles. The third-order valence-corrected chi connectivity index (χ3v) is 3.08. The minimum absolute atomic E-state index is 0.0827. The third kappa shape index (κ3) is 1.63. The van der Waals surface area contributed by atoms with Gasteiger partial charge in [-0.25, -0.2) is 5.43 Å². The molecule has 3 heteroatoms. The molecule has 0 atom stereocenters. The van der Waals surface area contributed by atoms with Crippen LogP contribution in [-0.2, 0) is 10.2 Å². The quantitative estimate of drug-likeness (QED) is 0.728. The highest BCUT2D eigenvalue weighted by molar-refractivity contribution is 5.91. The third-order valence-electron chi connectivity index (χ3n) is 3.08. The van der Waals surface area contributed by atoms with Gasteiger partial charge in [-0.2, -0.15) is 0 Å². The van der Waals surface area contributed by atoms with Gasteiger partial charge in [-0.3, -0.25) is 10.2 Å². The Morgan fingerprint density at radius 2 is 2.00 bits per heavy atom. The van der Waals surface area contributed by atoms with Gasteiger partial charge in [0.1, 0.15) is 0 Å². The van der Waals surface area contributed by atoms with Gasteiger partial charge < -0.3 is 0 Å². The Morgan fingerprint density at radius 3 is 2.53 bits per heavy atom. The Morgan fingerprint density at radius 1 is 1.33 bits per heavy atom. The van der Waals surface area contributed by atoms with Crippen LogP contribution in [0.4, 0.5) is 0 Å². The van der Waals surface area contributed by atoms with Crippen molar-refractivity contribution in [1.82, 2.24) is 10.9 Å². The van der Waals surface area contributed by atoms with Crippen LogP contribution in [0.5, 0.6) is 0 Å². The fraction of sp³-hybridized carbons (Fsp3) is 0.417. The molecule has 1 fully saturated rings. The smallest absolute Gasteiger partial charge is 0.244 e. The molecule has 1 aliphatic rings. The Bertz CT molecular complexity index is 383. The highest BCUT2D eigenvalue weighted by atomic mass is 16.2.